The van der Waals surface area contributed by atoms with Crippen molar-refractivity contribution in [1.82, 2.24) is 9.21 Å². The summed E-state index contributed by atoms with van der Waals surface area (Å²) in [5.74, 6) is 0.228. The van der Waals surface area contributed by atoms with Crippen molar-refractivity contribution >= 4 is 15.9 Å². The van der Waals surface area contributed by atoms with Crippen molar-refractivity contribution in [2.75, 3.05) is 46.0 Å². The van der Waals surface area contributed by atoms with Crippen molar-refractivity contribution in [2.45, 2.75) is 30.1 Å². The molecule has 2 aliphatic rings. The zero-order valence-corrected chi connectivity index (χ0v) is 19.5. The molecule has 0 aromatic heterocycles. The number of carbonyl (C=O) groups is 1. The summed E-state index contributed by atoms with van der Waals surface area (Å²) < 4.78 is 52.0. The minimum Gasteiger partial charge on any atom is -0.494 e. The van der Waals surface area contributed by atoms with E-state index in [4.69, 9.17) is 9.47 Å². The van der Waals surface area contributed by atoms with E-state index in [0.717, 1.165) is 5.56 Å². The van der Waals surface area contributed by atoms with Gasteiger partial charge in [0.25, 0.3) is 0 Å². The molecule has 0 bridgehead atoms. The van der Waals surface area contributed by atoms with Gasteiger partial charge in [-0.2, -0.15) is 4.31 Å². The van der Waals surface area contributed by atoms with E-state index in [9.17, 15) is 17.6 Å². The van der Waals surface area contributed by atoms with Gasteiger partial charge in [-0.05, 0) is 61.7 Å². The van der Waals surface area contributed by atoms with Gasteiger partial charge in [-0.1, -0.05) is 12.1 Å². The highest BCUT2D eigenvalue weighted by atomic mass is 32.2. The number of hydrogen-bond donors (Lipinski definition) is 0. The molecule has 2 aromatic carbocycles. The maximum atomic E-state index is 13.7. The third kappa shape index (κ3) is 4.76. The molecule has 0 saturated carbocycles. The van der Waals surface area contributed by atoms with Gasteiger partial charge in [0.15, 0.2) is 0 Å². The fraction of sp³-hybridized carbons (Fsp3) is 0.458. The number of nitrogens with zero attached hydrogens (tertiary/aromatic N) is 2. The molecule has 2 aromatic rings. The van der Waals surface area contributed by atoms with E-state index in [2.05, 4.69) is 0 Å². The zero-order valence-electron chi connectivity index (χ0n) is 18.7. The lowest BCUT2D eigenvalue weighted by atomic mass is 9.73. The molecule has 7 nitrogen and oxygen atoms in total. The van der Waals surface area contributed by atoms with Crippen LogP contribution in [0.25, 0.3) is 0 Å². The highest BCUT2D eigenvalue weighted by Crippen LogP contribution is 2.37. The Morgan fingerprint density at radius 3 is 2.18 bits per heavy atom. The van der Waals surface area contributed by atoms with Crippen LogP contribution in [-0.4, -0.2) is 69.5 Å². The van der Waals surface area contributed by atoms with Crippen LogP contribution in [0.1, 0.15) is 25.3 Å². The molecule has 4 rings (SSSR count). The van der Waals surface area contributed by atoms with E-state index in [1.807, 2.05) is 6.92 Å². The summed E-state index contributed by atoms with van der Waals surface area (Å²) in [6.45, 7) is 4.33. The van der Waals surface area contributed by atoms with E-state index in [1.165, 1.54) is 16.4 Å². The monoisotopic (exact) mass is 476 g/mol. The molecule has 2 aliphatic heterocycles. The Labute approximate surface area is 194 Å². The molecular formula is C24H29FN2O5S. The summed E-state index contributed by atoms with van der Waals surface area (Å²) in [6.07, 6.45) is 1.03. The molecule has 2 saturated heterocycles. The van der Waals surface area contributed by atoms with Gasteiger partial charge in [0.1, 0.15) is 11.6 Å². The Morgan fingerprint density at radius 1 is 1.00 bits per heavy atom. The van der Waals surface area contributed by atoms with Crippen molar-refractivity contribution in [2.24, 2.45) is 0 Å². The Kier molecular flexibility index (Phi) is 7.02. The molecule has 0 atom stereocenters. The van der Waals surface area contributed by atoms with Crippen molar-refractivity contribution in [1.29, 1.82) is 0 Å². The average molecular weight is 477 g/mol. The van der Waals surface area contributed by atoms with Crippen LogP contribution in [0.4, 0.5) is 4.39 Å². The van der Waals surface area contributed by atoms with Gasteiger partial charge in [0.05, 0.1) is 16.9 Å². The summed E-state index contributed by atoms with van der Waals surface area (Å²) in [4.78, 5) is 15.6. The van der Waals surface area contributed by atoms with Crippen LogP contribution in [0.15, 0.2) is 53.4 Å². The van der Waals surface area contributed by atoms with Crippen LogP contribution >= 0.6 is 0 Å². The standard InChI is InChI=1S/C24H29FN2O5S/c1-2-32-21-7-9-22(10-8-21)33(29,30)27-15-13-26(14-16-27)23(28)24(11-17-31-18-12-24)19-3-5-20(25)6-4-19/h3-10H,2,11-18H2,1H3. The second-order valence-electron chi connectivity index (χ2n) is 8.30. The first-order valence-corrected chi connectivity index (χ1v) is 12.7. The van der Waals surface area contributed by atoms with Crippen LogP contribution in [0.5, 0.6) is 5.75 Å². The number of carbonyl (C=O) groups excluding carboxylic acids is 1. The van der Waals surface area contributed by atoms with Gasteiger partial charge in [-0.3, -0.25) is 4.79 Å². The van der Waals surface area contributed by atoms with E-state index in [0.29, 0.717) is 51.5 Å². The van der Waals surface area contributed by atoms with Gasteiger partial charge in [-0.15, -0.1) is 0 Å². The highest BCUT2D eigenvalue weighted by Gasteiger charge is 2.45. The number of amides is 1. The average Bonchev–Trinajstić information content (AvgIpc) is 2.85. The zero-order chi connectivity index (χ0) is 23.5. The maximum absolute atomic E-state index is 13.7. The van der Waals surface area contributed by atoms with Gasteiger partial charge in [0, 0.05) is 39.4 Å². The lowest BCUT2D eigenvalue weighted by Crippen LogP contribution is -2.56. The lowest BCUT2D eigenvalue weighted by molar-refractivity contribution is -0.142. The van der Waals surface area contributed by atoms with Crippen LogP contribution in [-0.2, 0) is 25.0 Å². The Bertz CT molecular complexity index is 1060. The Morgan fingerprint density at radius 2 is 1.61 bits per heavy atom. The molecule has 33 heavy (non-hydrogen) atoms. The lowest BCUT2D eigenvalue weighted by Gasteiger charge is -2.42. The third-order valence-electron chi connectivity index (χ3n) is 6.45. The van der Waals surface area contributed by atoms with E-state index >= 15 is 0 Å². The maximum Gasteiger partial charge on any atom is 0.243 e. The minimum atomic E-state index is -3.66. The third-order valence-corrected chi connectivity index (χ3v) is 8.36. The van der Waals surface area contributed by atoms with Gasteiger partial charge in [0.2, 0.25) is 15.9 Å². The molecule has 0 radical (unpaired) electrons. The summed E-state index contributed by atoms with van der Waals surface area (Å²) in [5.41, 5.74) is 0.00360. The van der Waals surface area contributed by atoms with Crippen LogP contribution in [0.3, 0.4) is 0 Å². The highest BCUT2D eigenvalue weighted by molar-refractivity contribution is 7.89. The first kappa shape index (κ1) is 23.7. The van der Waals surface area contributed by atoms with E-state index < -0.39 is 15.4 Å². The predicted octanol–water partition coefficient (Wildman–Crippen LogP) is 2.81. The summed E-state index contributed by atoms with van der Waals surface area (Å²) >= 11 is 0. The van der Waals surface area contributed by atoms with Gasteiger partial charge in [-0.25, -0.2) is 12.8 Å². The molecule has 2 heterocycles. The first-order valence-electron chi connectivity index (χ1n) is 11.2. The fourth-order valence-corrected chi connectivity index (χ4v) is 5.99. The van der Waals surface area contributed by atoms with Crippen molar-refractivity contribution in [3.63, 3.8) is 0 Å². The summed E-state index contributed by atoms with van der Waals surface area (Å²) in [7, 11) is -3.66. The van der Waals surface area contributed by atoms with E-state index in [-0.39, 0.29) is 29.7 Å². The molecule has 178 valence electrons. The second-order valence-corrected chi connectivity index (χ2v) is 10.2. The van der Waals surface area contributed by atoms with Gasteiger partial charge >= 0.3 is 0 Å². The van der Waals surface area contributed by atoms with Crippen LogP contribution < -0.4 is 4.74 Å². The minimum absolute atomic E-state index is 0.0458. The van der Waals surface area contributed by atoms with Crippen molar-refractivity contribution in [3.8, 4) is 5.75 Å². The molecule has 0 aliphatic carbocycles. The number of ether oxygens (including phenoxy) is 2. The number of benzene rings is 2. The summed E-state index contributed by atoms with van der Waals surface area (Å²) in [6, 6.07) is 12.5. The molecule has 0 N–H and O–H groups in total. The molecule has 0 unspecified atom stereocenters. The van der Waals surface area contributed by atoms with E-state index in [1.54, 1.807) is 41.3 Å². The molecular weight excluding hydrogens is 447 g/mol. The topological polar surface area (TPSA) is 76.2 Å². The molecule has 9 heteroatoms. The largest absolute Gasteiger partial charge is 0.494 e. The number of piperazine rings is 1. The molecule has 1 amide bonds. The Balaban J connectivity index is 1.48. The number of halogens is 1. The second kappa shape index (κ2) is 9.79. The first-order chi connectivity index (χ1) is 15.9. The smallest absolute Gasteiger partial charge is 0.243 e. The van der Waals surface area contributed by atoms with Crippen molar-refractivity contribution in [3.05, 3.63) is 59.9 Å². The number of sulfonamides is 1. The van der Waals surface area contributed by atoms with Gasteiger partial charge < -0.3 is 14.4 Å². The number of hydrogen-bond acceptors (Lipinski definition) is 5. The SMILES string of the molecule is CCOc1ccc(S(=O)(=O)N2CCN(C(=O)C3(c4ccc(F)cc4)CCOCC3)CC2)cc1. The summed E-state index contributed by atoms with van der Waals surface area (Å²) in [5, 5.41) is 0. The predicted molar refractivity (Wildman–Crippen MR) is 121 cm³/mol. The molecule has 0 spiro atoms. The van der Waals surface area contributed by atoms with Crippen LogP contribution in [0, 0.1) is 5.82 Å². The quantitative estimate of drug-likeness (QED) is 0.641. The number of rotatable bonds is 6. The van der Waals surface area contributed by atoms with Crippen molar-refractivity contribution < 1.29 is 27.1 Å². The normalized spacial score (nSPS) is 19.3. The van der Waals surface area contributed by atoms with Crippen LogP contribution in [0.2, 0.25) is 0 Å². The molecule has 2 fully saturated rings. The fourth-order valence-electron chi connectivity index (χ4n) is 4.57. The Hall–Kier alpha value is -2.49.